The minimum Gasteiger partial charge on any atom is -0.406 e. The number of amides is 4. The van der Waals surface area contributed by atoms with Crippen LogP contribution in [-0.2, 0) is 16.4 Å². The molecule has 0 aliphatic heterocycles. The van der Waals surface area contributed by atoms with Crippen LogP contribution >= 0.6 is 0 Å². The van der Waals surface area contributed by atoms with E-state index in [0.717, 1.165) is 17.7 Å². The fraction of sp³-hybridized carbons (Fsp3) is 0.167. The molecule has 3 aromatic rings. The van der Waals surface area contributed by atoms with Gasteiger partial charge in [0.25, 0.3) is 10.0 Å². The highest BCUT2D eigenvalue weighted by molar-refractivity contribution is 7.90. The van der Waals surface area contributed by atoms with Crippen LogP contribution in [0.15, 0.2) is 77.7 Å². The zero-order valence-electron chi connectivity index (χ0n) is 19.4. The van der Waals surface area contributed by atoms with Crippen LogP contribution in [-0.4, -0.2) is 33.4 Å². The molecule has 0 spiro atoms. The number of hydrogen-bond donors (Lipinski definition) is 4. The molecule has 3 aromatic carbocycles. The normalized spacial score (nSPS) is 11.4. The molecule has 13 heteroatoms. The van der Waals surface area contributed by atoms with Gasteiger partial charge in [-0.3, -0.25) is 0 Å². The first kappa shape index (κ1) is 27.3. The fourth-order valence-electron chi connectivity index (χ4n) is 3.18. The smallest absolute Gasteiger partial charge is 0.406 e. The van der Waals surface area contributed by atoms with Crippen molar-refractivity contribution in [3.63, 3.8) is 0 Å². The number of ether oxygens (including phenoxy) is 1. The molecule has 0 saturated carbocycles. The maximum Gasteiger partial charge on any atom is 0.573 e. The van der Waals surface area contributed by atoms with Gasteiger partial charge in [-0.25, -0.2) is 22.7 Å². The zero-order valence-corrected chi connectivity index (χ0v) is 20.2. The summed E-state index contributed by atoms with van der Waals surface area (Å²) in [4.78, 5) is 24.2. The van der Waals surface area contributed by atoms with Crippen molar-refractivity contribution in [1.82, 2.24) is 10.0 Å². The molecule has 4 amide bonds. The molecule has 0 aliphatic rings. The van der Waals surface area contributed by atoms with Gasteiger partial charge in [-0.05, 0) is 66.9 Å². The largest absolute Gasteiger partial charge is 0.573 e. The van der Waals surface area contributed by atoms with E-state index in [4.69, 9.17) is 0 Å². The van der Waals surface area contributed by atoms with Crippen molar-refractivity contribution < 1.29 is 35.9 Å². The molecule has 0 atom stereocenters. The highest BCUT2D eigenvalue weighted by atomic mass is 32.2. The molecule has 4 N–H and O–H groups in total. The lowest BCUT2D eigenvalue weighted by atomic mass is 10.1. The van der Waals surface area contributed by atoms with Crippen molar-refractivity contribution in [1.29, 1.82) is 0 Å². The Morgan fingerprint density at radius 2 is 1.41 bits per heavy atom. The molecule has 0 radical (unpaired) electrons. The summed E-state index contributed by atoms with van der Waals surface area (Å²) in [5, 5.41) is 7.55. The molecular formula is C24H23F3N4O5S. The van der Waals surface area contributed by atoms with E-state index in [1.165, 1.54) is 18.2 Å². The van der Waals surface area contributed by atoms with Crippen LogP contribution in [0.3, 0.4) is 0 Å². The van der Waals surface area contributed by atoms with E-state index in [2.05, 4.69) is 20.7 Å². The Morgan fingerprint density at radius 1 is 0.838 bits per heavy atom. The summed E-state index contributed by atoms with van der Waals surface area (Å²) in [5.41, 5.74) is 2.04. The summed E-state index contributed by atoms with van der Waals surface area (Å²) in [6, 6.07) is 16.2. The van der Waals surface area contributed by atoms with Gasteiger partial charge < -0.3 is 20.7 Å². The molecule has 9 nitrogen and oxygen atoms in total. The van der Waals surface area contributed by atoms with E-state index in [0.29, 0.717) is 17.7 Å². The van der Waals surface area contributed by atoms with Crippen LogP contribution in [0.1, 0.15) is 11.1 Å². The van der Waals surface area contributed by atoms with Crippen molar-refractivity contribution in [2.45, 2.75) is 24.6 Å². The molecule has 0 aliphatic carbocycles. The van der Waals surface area contributed by atoms with E-state index in [-0.39, 0.29) is 17.1 Å². The predicted octanol–water partition coefficient (Wildman–Crippen LogP) is 4.77. The Kier molecular flexibility index (Phi) is 8.60. The predicted molar refractivity (Wildman–Crippen MR) is 131 cm³/mol. The number of benzene rings is 3. The van der Waals surface area contributed by atoms with E-state index in [9.17, 15) is 31.2 Å². The van der Waals surface area contributed by atoms with Gasteiger partial charge in [-0.15, -0.1) is 13.2 Å². The number of nitrogens with one attached hydrogen (secondary N) is 4. The second kappa shape index (κ2) is 11.6. The molecule has 0 heterocycles. The Bertz CT molecular complexity index is 1350. The van der Waals surface area contributed by atoms with Crippen LogP contribution in [0, 0.1) is 6.92 Å². The molecular weight excluding hydrogens is 513 g/mol. The maximum absolute atomic E-state index is 12.3. The Hall–Kier alpha value is -4.26. The van der Waals surface area contributed by atoms with Crippen molar-refractivity contribution in [3.05, 3.63) is 83.9 Å². The SMILES string of the molecule is Cc1ccccc1S(=O)(=O)NC(=O)NCCc1ccc(NC(=O)Nc2ccc(OC(F)(F)F)cc2)cc1. The van der Waals surface area contributed by atoms with Crippen molar-refractivity contribution >= 4 is 33.5 Å². The van der Waals surface area contributed by atoms with Gasteiger partial charge in [0, 0.05) is 17.9 Å². The molecule has 0 unspecified atom stereocenters. The standard InChI is InChI=1S/C24H23F3N4O5S/c1-16-4-2-3-5-21(16)37(34,35)31-22(32)28-15-14-17-6-8-18(9-7-17)29-23(33)30-19-10-12-20(13-11-19)36-24(25,26)27/h2-13H,14-15H2,1H3,(H2,28,31,32)(H2,29,30,33). The third-order valence-electron chi connectivity index (χ3n) is 4.87. The number of urea groups is 2. The summed E-state index contributed by atoms with van der Waals surface area (Å²) >= 11 is 0. The second-order valence-electron chi connectivity index (χ2n) is 7.73. The Labute approximate surface area is 211 Å². The number of sulfonamides is 1. The van der Waals surface area contributed by atoms with E-state index in [1.807, 2.05) is 4.72 Å². The Morgan fingerprint density at radius 3 is 1.97 bits per heavy atom. The Balaban J connectivity index is 1.43. The van der Waals surface area contributed by atoms with Crippen LogP contribution in [0.5, 0.6) is 5.75 Å². The second-order valence-corrected chi connectivity index (χ2v) is 9.38. The number of alkyl halides is 3. The van der Waals surface area contributed by atoms with Crippen LogP contribution < -0.4 is 25.4 Å². The summed E-state index contributed by atoms with van der Waals surface area (Å²) < 4.78 is 67.1. The lowest BCUT2D eigenvalue weighted by Crippen LogP contribution is -2.40. The highest BCUT2D eigenvalue weighted by Gasteiger charge is 2.31. The number of rotatable bonds is 8. The molecule has 0 saturated heterocycles. The van der Waals surface area contributed by atoms with Gasteiger partial charge in [0.2, 0.25) is 0 Å². The van der Waals surface area contributed by atoms with Crippen molar-refractivity contribution in [2.75, 3.05) is 17.2 Å². The van der Waals surface area contributed by atoms with Crippen molar-refractivity contribution in [2.24, 2.45) is 0 Å². The topological polar surface area (TPSA) is 126 Å². The third kappa shape index (κ3) is 8.72. The summed E-state index contributed by atoms with van der Waals surface area (Å²) in [7, 11) is -3.99. The third-order valence-corrected chi connectivity index (χ3v) is 6.36. The molecule has 3 rings (SSSR count). The minimum absolute atomic E-state index is 0.0183. The van der Waals surface area contributed by atoms with E-state index < -0.39 is 34.2 Å². The maximum atomic E-state index is 12.3. The van der Waals surface area contributed by atoms with Gasteiger partial charge in [0.15, 0.2) is 0 Å². The molecule has 0 aromatic heterocycles. The summed E-state index contributed by atoms with van der Waals surface area (Å²) in [5.74, 6) is -0.408. The van der Waals surface area contributed by atoms with Gasteiger partial charge in [0.05, 0.1) is 4.90 Å². The number of hydrogen-bond acceptors (Lipinski definition) is 5. The average Bonchev–Trinajstić information content (AvgIpc) is 2.80. The zero-order chi connectivity index (χ0) is 27.1. The minimum atomic E-state index is -4.80. The van der Waals surface area contributed by atoms with Crippen LogP contribution in [0.25, 0.3) is 0 Å². The quantitative estimate of drug-likeness (QED) is 0.330. The lowest BCUT2D eigenvalue weighted by molar-refractivity contribution is -0.274. The van der Waals surface area contributed by atoms with Gasteiger partial charge in [-0.2, -0.15) is 0 Å². The first-order chi connectivity index (χ1) is 17.4. The summed E-state index contributed by atoms with van der Waals surface area (Å²) in [6.45, 7) is 1.79. The number of carbonyl (C=O) groups is 2. The number of carbonyl (C=O) groups excluding carboxylic acids is 2. The lowest BCUT2D eigenvalue weighted by Gasteiger charge is -2.11. The molecule has 196 valence electrons. The van der Waals surface area contributed by atoms with Gasteiger partial charge in [-0.1, -0.05) is 30.3 Å². The molecule has 37 heavy (non-hydrogen) atoms. The number of anilines is 2. The van der Waals surface area contributed by atoms with Gasteiger partial charge >= 0.3 is 18.4 Å². The summed E-state index contributed by atoms with van der Waals surface area (Å²) in [6.07, 6.45) is -4.40. The first-order valence-corrected chi connectivity index (χ1v) is 12.3. The van der Waals surface area contributed by atoms with Crippen LogP contribution in [0.4, 0.5) is 34.1 Å². The first-order valence-electron chi connectivity index (χ1n) is 10.8. The molecule has 0 fully saturated rings. The average molecular weight is 537 g/mol. The van der Waals surface area contributed by atoms with Crippen molar-refractivity contribution in [3.8, 4) is 5.75 Å². The van der Waals surface area contributed by atoms with Crippen LogP contribution in [0.2, 0.25) is 0 Å². The highest BCUT2D eigenvalue weighted by Crippen LogP contribution is 2.24. The molecule has 0 bridgehead atoms. The monoisotopic (exact) mass is 536 g/mol. The van der Waals surface area contributed by atoms with E-state index >= 15 is 0 Å². The number of halogens is 3. The fourth-order valence-corrected chi connectivity index (χ4v) is 4.36. The van der Waals surface area contributed by atoms with Gasteiger partial charge in [0.1, 0.15) is 5.75 Å². The number of aryl methyl sites for hydroxylation is 1. The van der Waals surface area contributed by atoms with E-state index in [1.54, 1.807) is 49.4 Å².